The Morgan fingerprint density at radius 1 is 1.00 bits per heavy atom. The van der Waals surface area contributed by atoms with Crippen molar-refractivity contribution in [2.75, 3.05) is 19.5 Å². The highest BCUT2D eigenvalue weighted by Crippen LogP contribution is 2.23. The summed E-state index contributed by atoms with van der Waals surface area (Å²) in [5, 5.41) is 7.28. The number of amides is 1. The van der Waals surface area contributed by atoms with Crippen LogP contribution in [0.3, 0.4) is 0 Å². The smallest absolute Gasteiger partial charge is 0.273 e. The van der Waals surface area contributed by atoms with Crippen molar-refractivity contribution in [1.82, 2.24) is 9.78 Å². The summed E-state index contributed by atoms with van der Waals surface area (Å²) >= 11 is 0. The van der Waals surface area contributed by atoms with E-state index < -0.39 is 0 Å². The van der Waals surface area contributed by atoms with Crippen molar-refractivity contribution in [3.05, 3.63) is 60.3 Å². The molecule has 0 spiro atoms. The lowest BCUT2D eigenvalue weighted by Gasteiger charge is -2.06. The topological polar surface area (TPSA) is 65.4 Å². The molecule has 6 heteroatoms. The Kier molecular flexibility index (Phi) is 4.70. The van der Waals surface area contributed by atoms with Crippen LogP contribution >= 0.6 is 0 Å². The fraction of sp³-hybridized carbons (Fsp3) is 0.158. The maximum Gasteiger partial charge on any atom is 0.273 e. The minimum atomic E-state index is -0.233. The van der Waals surface area contributed by atoms with E-state index in [0.29, 0.717) is 17.1 Å². The van der Waals surface area contributed by atoms with Crippen molar-refractivity contribution in [1.29, 1.82) is 0 Å². The van der Waals surface area contributed by atoms with Crippen LogP contribution in [0.15, 0.2) is 54.6 Å². The van der Waals surface area contributed by atoms with Crippen LogP contribution in [0.4, 0.5) is 5.69 Å². The van der Waals surface area contributed by atoms with Crippen molar-refractivity contribution in [2.24, 2.45) is 7.05 Å². The second kappa shape index (κ2) is 7.09. The quantitative estimate of drug-likeness (QED) is 0.775. The van der Waals surface area contributed by atoms with Gasteiger partial charge < -0.3 is 14.8 Å². The highest BCUT2D eigenvalue weighted by Gasteiger charge is 2.15. The third kappa shape index (κ3) is 3.63. The minimum Gasteiger partial charge on any atom is -0.497 e. The Bertz CT molecular complexity index is 885. The van der Waals surface area contributed by atoms with Gasteiger partial charge in [-0.15, -0.1) is 0 Å². The number of carbonyl (C=O) groups excluding carboxylic acids is 1. The molecule has 6 nitrogen and oxygen atoms in total. The molecule has 0 aliphatic heterocycles. The number of hydrogen-bond acceptors (Lipinski definition) is 4. The molecule has 0 saturated carbocycles. The Morgan fingerprint density at radius 3 is 2.40 bits per heavy atom. The van der Waals surface area contributed by atoms with Crippen molar-refractivity contribution in [3.63, 3.8) is 0 Å². The second-order valence-electron chi connectivity index (χ2n) is 5.45. The van der Waals surface area contributed by atoms with Gasteiger partial charge in [-0.1, -0.05) is 6.07 Å². The van der Waals surface area contributed by atoms with Crippen LogP contribution in [-0.2, 0) is 7.05 Å². The monoisotopic (exact) mass is 337 g/mol. The average molecular weight is 337 g/mol. The van der Waals surface area contributed by atoms with Gasteiger partial charge in [-0.3, -0.25) is 9.48 Å². The summed E-state index contributed by atoms with van der Waals surface area (Å²) in [6.07, 6.45) is 0. The Morgan fingerprint density at radius 2 is 1.72 bits per heavy atom. The third-order valence-electron chi connectivity index (χ3n) is 3.83. The lowest BCUT2D eigenvalue weighted by molar-refractivity contribution is 0.101. The molecule has 128 valence electrons. The standard InChI is InChI=1S/C19H19N3O3/c1-22-18(19(23)20-14-5-4-6-16(11-14)25-3)12-17(21-22)13-7-9-15(24-2)10-8-13/h4-12H,1-3H3,(H,20,23). The fourth-order valence-electron chi connectivity index (χ4n) is 2.48. The van der Waals surface area contributed by atoms with Crippen molar-refractivity contribution < 1.29 is 14.3 Å². The van der Waals surface area contributed by atoms with E-state index in [2.05, 4.69) is 10.4 Å². The van der Waals surface area contributed by atoms with Crippen LogP contribution in [0.2, 0.25) is 0 Å². The highest BCUT2D eigenvalue weighted by atomic mass is 16.5. The summed E-state index contributed by atoms with van der Waals surface area (Å²) in [4.78, 5) is 12.5. The van der Waals surface area contributed by atoms with E-state index >= 15 is 0 Å². The summed E-state index contributed by atoms with van der Waals surface area (Å²) in [5.41, 5.74) is 2.77. The van der Waals surface area contributed by atoms with Gasteiger partial charge in [-0.05, 0) is 42.5 Å². The van der Waals surface area contributed by atoms with Crippen LogP contribution in [0, 0.1) is 0 Å². The van der Waals surface area contributed by atoms with Crippen LogP contribution in [0.25, 0.3) is 11.3 Å². The molecule has 1 aromatic heterocycles. The molecule has 1 heterocycles. The molecule has 0 fully saturated rings. The van der Waals surface area contributed by atoms with Crippen molar-refractivity contribution in [2.45, 2.75) is 0 Å². The van der Waals surface area contributed by atoms with Gasteiger partial charge in [0, 0.05) is 24.4 Å². The molecule has 0 atom stereocenters. The molecule has 2 aromatic carbocycles. The number of methoxy groups -OCH3 is 2. The van der Waals surface area contributed by atoms with Crippen LogP contribution in [0.5, 0.6) is 11.5 Å². The normalized spacial score (nSPS) is 10.4. The van der Waals surface area contributed by atoms with E-state index in [-0.39, 0.29) is 5.91 Å². The van der Waals surface area contributed by atoms with E-state index in [1.807, 2.05) is 36.4 Å². The third-order valence-corrected chi connectivity index (χ3v) is 3.83. The maximum absolute atomic E-state index is 12.5. The first kappa shape index (κ1) is 16.6. The van der Waals surface area contributed by atoms with Gasteiger partial charge >= 0.3 is 0 Å². The number of rotatable bonds is 5. The van der Waals surface area contributed by atoms with Gasteiger partial charge in [0.25, 0.3) is 5.91 Å². The zero-order valence-electron chi connectivity index (χ0n) is 14.3. The summed E-state index contributed by atoms with van der Waals surface area (Å²) in [5.74, 6) is 1.22. The average Bonchev–Trinajstić information content (AvgIpc) is 3.04. The van der Waals surface area contributed by atoms with Crippen molar-refractivity contribution in [3.8, 4) is 22.8 Å². The number of carbonyl (C=O) groups is 1. The molecule has 3 aromatic rings. The first-order valence-electron chi connectivity index (χ1n) is 7.74. The molecule has 0 saturated heterocycles. The molecule has 25 heavy (non-hydrogen) atoms. The molecule has 0 bridgehead atoms. The van der Waals surface area contributed by atoms with E-state index in [4.69, 9.17) is 9.47 Å². The summed E-state index contributed by atoms with van der Waals surface area (Å²) in [6.45, 7) is 0. The molecule has 0 aliphatic rings. The van der Waals surface area contributed by atoms with E-state index in [9.17, 15) is 4.79 Å². The van der Waals surface area contributed by atoms with Gasteiger partial charge in [0.05, 0.1) is 19.9 Å². The predicted octanol–water partition coefficient (Wildman–Crippen LogP) is 3.36. The number of aryl methyl sites for hydroxylation is 1. The fourth-order valence-corrected chi connectivity index (χ4v) is 2.48. The van der Waals surface area contributed by atoms with Gasteiger partial charge in [0.2, 0.25) is 0 Å². The van der Waals surface area contributed by atoms with Crippen LogP contribution in [-0.4, -0.2) is 29.9 Å². The molecular weight excluding hydrogens is 318 g/mol. The zero-order valence-corrected chi connectivity index (χ0v) is 14.3. The lowest BCUT2D eigenvalue weighted by atomic mass is 10.1. The predicted molar refractivity (Wildman–Crippen MR) is 96.1 cm³/mol. The summed E-state index contributed by atoms with van der Waals surface area (Å²) in [7, 11) is 4.95. The van der Waals surface area contributed by atoms with Gasteiger partial charge in [0.1, 0.15) is 17.2 Å². The largest absolute Gasteiger partial charge is 0.497 e. The number of hydrogen-bond donors (Lipinski definition) is 1. The van der Waals surface area contributed by atoms with Gasteiger partial charge in [0.15, 0.2) is 0 Å². The lowest BCUT2D eigenvalue weighted by Crippen LogP contribution is -2.16. The van der Waals surface area contributed by atoms with Gasteiger partial charge in [-0.25, -0.2) is 0 Å². The minimum absolute atomic E-state index is 0.233. The Labute approximate surface area is 146 Å². The zero-order chi connectivity index (χ0) is 17.8. The summed E-state index contributed by atoms with van der Waals surface area (Å²) < 4.78 is 11.9. The van der Waals surface area contributed by atoms with E-state index in [1.165, 1.54) is 0 Å². The number of benzene rings is 2. The van der Waals surface area contributed by atoms with Gasteiger partial charge in [-0.2, -0.15) is 5.10 Å². The molecule has 1 amide bonds. The number of nitrogens with zero attached hydrogens (tertiary/aromatic N) is 2. The van der Waals surface area contributed by atoms with Crippen LogP contribution in [0.1, 0.15) is 10.5 Å². The second-order valence-corrected chi connectivity index (χ2v) is 5.45. The van der Waals surface area contributed by atoms with E-state index in [0.717, 1.165) is 17.0 Å². The number of aromatic nitrogens is 2. The molecule has 3 rings (SSSR count). The molecular formula is C19H19N3O3. The number of ether oxygens (including phenoxy) is 2. The molecule has 0 unspecified atom stereocenters. The first-order valence-corrected chi connectivity index (χ1v) is 7.74. The Balaban J connectivity index is 1.82. The number of anilines is 1. The van der Waals surface area contributed by atoms with E-state index in [1.54, 1.807) is 44.1 Å². The molecule has 0 aliphatic carbocycles. The highest BCUT2D eigenvalue weighted by molar-refractivity contribution is 6.03. The number of nitrogens with one attached hydrogen (secondary N) is 1. The first-order chi connectivity index (χ1) is 12.1. The summed E-state index contributed by atoms with van der Waals surface area (Å²) in [6, 6.07) is 16.5. The Hall–Kier alpha value is -3.28. The van der Waals surface area contributed by atoms with Crippen LogP contribution < -0.4 is 14.8 Å². The molecule has 0 radical (unpaired) electrons. The molecule has 1 N–H and O–H groups in total. The van der Waals surface area contributed by atoms with Crippen molar-refractivity contribution >= 4 is 11.6 Å². The maximum atomic E-state index is 12.5. The SMILES string of the molecule is COc1ccc(-c2cc(C(=O)Nc3cccc(OC)c3)n(C)n2)cc1.